The summed E-state index contributed by atoms with van der Waals surface area (Å²) in [5.74, 6) is 0.170. The number of imidazole rings is 1. The number of aromatic nitrogens is 2. The molecule has 0 radical (unpaired) electrons. The molecule has 18 heavy (non-hydrogen) atoms. The fourth-order valence-electron chi connectivity index (χ4n) is 2.26. The van der Waals surface area contributed by atoms with Crippen LogP contribution in [0.4, 0.5) is 0 Å². The van der Waals surface area contributed by atoms with Gasteiger partial charge < -0.3 is 14.6 Å². The maximum Gasteiger partial charge on any atom is 0.331 e. The van der Waals surface area contributed by atoms with E-state index in [0.717, 1.165) is 0 Å². The Labute approximate surface area is 105 Å². The molecule has 0 spiro atoms. The summed E-state index contributed by atoms with van der Waals surface area (Å²) in [4.78, 5) is 12.3. The van der Waals surface area contributed by atoms with Crippen molar-refractivity contribution in [2.75, 3.05) is 13.2 Å². The topological polar surface area (TPSA) is 72.2 Å². The molecule has 0 bridgehead atoms. The Morgan fingerprint density at radius 3 is 2.17 bits per heavy atom. The van der Waals surface area contributed by atoms with Crippen LogP contribution >= 0.6 is 0 Å². The second-order valence-electron chi connectivity index (χ2n) is 5.28. The third kappa shape index (κ3) is 2.06. The molecule has 1 N–H and O–H groups in total. The lowest BCUT2D eigenvalue weighted by atomic mass is 10.1. The third-order valence-electron chi connectivity index (χ3n) is 3.36. The lowest BCUT2D eigenvalue weighted by Crippen LogP contribution is -2.28. The molecule has 3 heterocycles. The summed E-state index contributed by atoms with van der Waals surface area (Å²) < 4.78 is 13.3. The first-order valence-electron chi connectivity index (χ1n) is 6.33. The molecule has 2 unspecified atom stereocenters. The van der Waals surface area contributed by atoms with Gasteiger partial charge in [-0.05, 0) is 5.92 Å². The van der Waals surface area contributed by atoms with Gasteiger partial charge in [-0.2, -0.15) is 0 Å². The Morgan fingerprint density at radius 1 is 1.22 bits per heavy atom. The minimum absolute atomic E-state index is 0.0710. The maximum atomic E-state index is 12.3. The summed E-state index contributed by atoms with van der Waals surface area (Å²) >= 11 is 0. The Balaban J connectivity index is 2.00. The molecule has 6 nitrogen and oxygen atoms in total. The average molecular weight is 254 g/mol. The van der Waals surface area contributed by atoms with E-state index >= 15 is 0 Å². The first-order chi connectivity index (χ1) is 8.58. The van der Waals surface area contributed by atoms with Gasteiger partial charge in [0, 0.05) is 0 Å². The SMILES string of the molecule is CC(C)c1c(O)n(CC2CO2)c(=O)n1CC1CO1. The number of rotatable bonds is 5. The Bertz CT molecular complexity index is 509. The largest absolute Gasteiger partial charge is 0.493 e. The molecule has 0 saturated carbocycles. The van der Waals surface area contributed by atoms with Crippen molar-refractivity contribution in [3.05, 3.63) is 16.2 Å². The zero-order valence-electron chi connectivity index (χ0n) is 10.6. The molecular weight excluding hydrogens is 236 g/mol. The smallest absolute Gasteiger partial charge is 0.331 e. The predicted molar refractivity (Wildman–Crippen MR) is 63.9 cm³/mol. The van der Waals surface area contributed by atoms with Gasteiger partial charge in [-0.3, -0.25) is 9.13 Å². The van der Waals surface area contributed by atoms with Crippen LogP contribution in [0.1, 0.15) is 25.5 Å². The average Bonchev–Trinajstić information content (AvgIpc) is 3.17. The molecule has 3 rings (SSSR count). The van der Waals surface area contributed by atoms with Gasteiger partial charge in [-0.25, -0.2) is 4.79 Å². The number of aromatic hydroxyl groups is 1. The summed E-state index contributed by atoms with van der Waals surface area (Å²) in [5, 5.41) is 10.2. The molecule has 100 valence electrons. The number of hydrogen-bond acceptors (Lipinski definition) is 4. The van der Waals surface area contributed by atoms with Gasteiger partial charge in [0.05, 0.1) is 44.2 Å². The van der Waals surface area contributed by atoms with Crippen LogP contribution in [0.5, 0.6) is 5.88 Å². The molecule has 1 aromatic rings. The molecule has 0 aliphatic carbocycles. The molecule has 0 amide bonds. The third-order valence-corrected chi connectivity index (χ3v) is 3.36. The summed E-state index contributed by atoms with van der Waals surface area (Å²) in [7, 11) is 0. The first kappa shape index (κ1) is 11.8. The van der Waals surface area contributed by atoms with E-state index < -0.39 is 0 Å². The van der Waals surface area contributed by atoms with Crippen LogP contribution in [0.25, 0.3) is 0 Å². The number of epoxide rings is 2. The highest BCUT2D eigenvalue weighted by molar-refractivity contribution is 5.24. The lowest BCUT2D eigenvalue weighted by Gasteiger charge is -2.08. The van der Waals surface area contributed by atoms with Crippen LogP contribution in [-0.2, 0) is 22.6 Å². The highest BCUT2D eigenvalue weighted by Gasteiger charge is 2.31. The Hall–Kier alpha value is -1.27. The normalized spacial score (nSPS) is 25.7. The van der Waals surface area contributed by atoms with Gasteiger partial charge in [-0.1, -0.05) is 13.8 Å². The standard InChI is InChI=1S/C12H18N2O4/c1-7(2)10-11(15)14(4-9-6-18-9)12(16)13(10)3-8-5-17-8/h7-9,15H,3-6H2,1-2H3. The molecule has 6 heteroatoms. The summed E-state index contributed by atoms with van der Waals surface area (Å²) in [6.07, 6.45) is 0.189. The van der Waals surface area contributed by atoms with Gasteiger partial charge in [0.25, 0.3) is 0 Å². The lowest BCUT2D eigenvalue weighted by molar-refractivity contribution is 0.351. The Kier molecular flexibility index (Phi) is 2.71. The molecule has 0 aromatic carbocycles. The van der Waals surface area contributed by atoms with Gasteiger partial charge in [0.15, 0.2) is 0 Å². The van der Waals surface area contributed by atoms with Crippen molar-refractivity contribution in [1.29, 1.82) is 0 Å². The molecule has 2 fully saturated rings. The summed E-state index contributed by atoms with van der Waals surface area (Å²) in [6, 6.07) is 0. The zero-order valence-corrected chi connectivity index (χ0v) is 10.6. The predicted octanol–water partition coefficient (Wildman–Crippen LogP) is 0.276. The van der Waals surface area contributed by atoms with Crippen molar-refractivity contribution in [2.24, 2.45) is 0 Å². The summed E-state index contributed by atoms with van der Waals surface area (Å²) in [5.41, 5.74) is 0.526. The van der Waals surface area contributed by atoms with E-state index in [1.165, 1.54) is 4.57 Å². The summed E-state index contributed by atoms with van der Waals surface area (Å²) in [6.45, 7) is 6.26. The van der Waals surface area contributed by atoms with Crippen molar-refractivity contribution in [3.63, 3.8) is 0 Å². The van der Waals surface area contributed by atoms with E-state index in [-0.39, 0.29) is 29.7 Å². The van der Waals surface area contributed by atoms with Crippen LogP contribution in [0, 0.1) is 0 Å². The number of ether oxygens (including phenoxy) is 2. The molecule has 1 aromatic heterocycles. The van der Waals surface area contributed by atoms with Crippen molar-refractivity contribution >= 4 is 0 Å². The van der Waals surface area contributed by atoms with Crippen molar-refractivity contribution in [3.8, 4) is 5.88 Å². The van der Waals surface area contributed by atoms with E-state index in [2.05, 4.69) is 0 Å². The van der Waals surface area contributed by atoms with Crippen LogP contribution < -0.4 is 5.69 Å². The van der Waals surface area contributed by atoms with Crippen molar-refractivity contribution < 1.29 is 14.6 Å². The maximum absolute atomic E-state index is 12.3. The van der Waals surface area contributed by atoms with E-state index in [1.54, 1.807) is 4.57 Å². The van der Waals surface area contributed by atoms with Gasteiger partial charge >= 0.3 is 5.69 Å². The molecule has 2 aliphatic rings. The molecule has 2 atom stereocenters. The minimum Gasteiger partial charge on any atom is -0.493 e. The Morgan fingerprint density at radius 2 is 1.72 bits per heavy atom. The highest BCUT2D eigenvalue weighted by Crippen LogP contribution is 2.27. The van der Waals surface area contributed by atoms with E-state index in [0.29, 0.717) is 32.0 Å². The fourth-order valence-corrected chi connectivity index (χ4v) is 2.26. The van der Waals surface area contributed by atoms with E-state index in [4.69, 9.17) is 9.47 Å². The zero-order chi connectivity index (χ0) is 12.9. The minimum atomic E-state index is -0.165. The van der Waals surface area contributed by atoms with E-state index in [9.17, 15) is 9.90 Å². The fraction of sp³-hybridized carbons (Fsp3) is 0.750. The van der Waals surface area contributed by atoms with Crippen molar-refractivity contribution in [2.45, 2.75) is 45.1 Å². The monoisotopic (exact) mass is 254 g/mol. The number of hydrogen-bond donors (Lipinski definition) is 1. The second kappa shape index (κ2) is 4.13. The van der Waals surface area contributed by atoms with E-state index in [1.807, 2.05) is 13.8 Å². The molecular formula is C12H18N2O4. The second-order valence-corrected chi connectivity index (χ2v) is 5.28. The van der Waals surface area contributed by atoms with Crippen molar-refractivity contribution in [1.82, 2.24) is 9.13 Å². The van der Waals surface area contributed by atoms with Crippen LogP contribution in [0.3, 0.4) is 0 Å². The van der Waals surface area contributed by atoms with Crippen LogP contribution in [0.15, 0.2) is 4.79 Å². The first-order valence-corrected chi connectivity index (χ1v) is 6.33. The molecule has 2 saturated heterocycles. The van der Waals surface area contributed by atoms with Crippen LogP contribution in [-0.4, -0.2) is 39.7 Å². The van der Waals surface area contributed by atoms with Gasteiger partial charge in [0.2, 0.25) is 5.88 Å². The van der Waals surface area contributed by atoms with Gasteiger partial charge in [0.1, 0.15) is 0 Å². The van der Waals surface area contributed by atoms with Crippen LogP contribution in [0.2, 0.25) is 0 Å². The number of nitrogens with zero attached hydrogens (tertiary/aromatic N) is 2. The quantitative estimate of drug-likeness (QED) is 0.766. The molecule has 2 aliphatic heterocycles. The van der Waals surface area contributed by atoms with Gasteiger partial charge in [-0.15, -0.1) is 0 Å². The highest BCUT2D eigenvalue weighted by atomic mass is 16.6.